The van der Waals surface area contributed by atoms with Crippen molar-refractivity contribution in [3.8, 4) is 11.3 Å². The van der Waals surface area contributed by atoms with Gasteiger partial charge in [0.2, 0.25) is 0 Å². The molecule has 2 N–H and O–H groups in total. The van der Waals surface area contributed by atoms with E-state index in [2.05, 4.69) is 20.8 Å². The summed E-state index contributed by atoms with van der Waals surface area (Å²) in [6, 6.07) is 11.9. The van der Waals surface area contributed by atoms with Crippen molar-refractivity contribution < 1.29 is 14.1 Å². The van der Waals surface area contributed by atoms with Gasteiger partial charge in [0.05, 0.1) is 11.3 Å². The Morgan fingerprint density at radius 3 is 2.62 bits per heavy atom. The van der Waals surface area contributed by atoms with Crippen LogP contribution in [0.3, 0.4) is 0 Å². The van der Waals surface area contributed by atoms with E-state index in [0.29, 0.717) is 23.6 Å². The Balaban J connectivity index is 1.77. The molecule has 26 heavy (non-hydrogen) atoms. The summed E-state index contributed by atoms with van der Waals surface area (Å²) in [5, 5.41) is 9.32. The number of anilines is 1. The third kappa shape index (κ3) is 3.94. The molecule has 0 atom stereocenters. The van der Waals surface area contributed by atoms with Crippen molar-refractivity contribution in [2.75, 3.05) is 11.9 Å². The molecule has 0 bridgehead atoms. The standard InChI is InChI=1S/C19H18N4O3/c1-2-9-21-18(24)14-5-3-4-6-15(14)22-19(25)16-12-17(26-23-16)13-7-10-20-11-8-13/h3-8,10-12H,2,9H2,1H3,(H,21,24)(H,22,25). The molecule has 3 aromatic rings. The second-order valence-electron chi connectivity index (χ2n) is 5.57. The molecule has 0 saturated carbocycles. The lowest BCUT2D eigenvalue weighted by Gasteiger charge is -2.10. The SMILES string of the molecule is CCCNC(=O)c1ccccc1NC(=O)c1cc(-c2ccncc2)on1. The second kappa shape index (κ2) is 8.06. The molecule has 2 aromatic heterocycles. The van der Waals surface area contributed by atoms with Gasteiger partial charge in [0.15, 0.2) is 11.5 Å². The molecule has 0 aliphatic carbocycles. The predicted octanol–water partition coefficient (Wildman–Crippen LogP) is 3.13. The molecular formula is C19H18N4O3. The number of carbonyl (C=O) groups is 2. The first-order valence-corrected chi connectivity index (χ1v) is 8.24. The van der Waals surface area contributed by atoms with Crippen molar-refractivity contribution >= 4 is 17.5 Å². The van der Waals surface area contributed by atoms with E-state index in [4.69, 9.17) is 4.52 Å². The smallest absolute Gasteiger partial charge is 0.277 e. The highest BCUT2D eigenvalue weighted by Crippen LogP contribution is 2.21. The highest BCUT2D eigenvalue weighted by Gasteiger charge is 2.17. The molecular weight excluding hydrogens is 332 g/mol. The van der Waals surface area contributed by atoms with Gasteiger partial charge in [-0.2, -0.15) is 0 Å². The summed E-state index contributed by atoms with van der Waals surface area (Å²) in [6.07, 6.45) is 4.09. The summed E-state index contributed by atoms with van der Waals surface area (Å²) in [5.41, 5.74) is 1.71. The van der Waals surface area contributed by atoms with E-state index < -0.39 is 5.91 Å². The zero-order chi connectivity index (χ0) is 18.4. The van der Waals surface area contributed by atoms with Gasteiger partial charge in [-0.3, -0.25) is 14.6 Å². The summed E-state index contributed by atoms with van der Waals surface area (Å²) in [4.78, 5) is 28.6. The van der Waals surface area contributed by atoms with Crippen molar-refractivity contribution in [1.29, 1.82) is 0 Å². The third-order valence-corrected chi connectivity index (χ3v) is 3.66. The number of carbonyl (C=O) groups excluding carboxylic acids is 2. The lowest BCUT2D eigenvalue weighted by atomic mass is 10.1. The monoisotopic (exact) mass is 350 g/mol. The summed E-state index contributed by atoms with van der Waals surface area (Å²) in [6.45, 7) is 2.54. The van der Waals surface area contributed by atoms with Crippen LogP contribution in [0.4, 0.5) is 5.69 Å². The van der Waals surface area contributed by atoms with Crippen LogP contribution in [0.5, 0.6) is 0 Å². The van der Waals surface area contributed by atoms with Crippen LogP contribution in [-0.4, -0.2) is 28.5 Å². The summed E-state index contributed by atoms with van der Waals surface area (Å²) in [7, 11) is 0. The Morgan fingerprint density at radius 1 is 1.08 bits per heavy atom. The fourth-order valence-corrected chi connectivity index (χ4v) is 2.34. The van der Waals surface area contributed by atoms with Gasteiger partial charge in [-0.05, 0) is 30.7 Å². The molecule has 2 heterocycles. The van der Waals surface area contributed by atoms with Crippen molar-refractivity contribution in [2.24, 2.45) is 0 Å². The number of hydrogen-bond acceptors (Lipinski definition) is 5. The number of aromatic nitrogens is 2. The fourth-order valence-electron chi connectivity index (χ4n) is 2.34. The maximum atomic E-state index is 12.5. The van der Waals surface area contributed by atoms with Gasteiger partial charge in [0, 0.05) is 30.6 Å². The summed E-state index contributed by atoms with van der Waals surface area (Å²) in [5.74, 6) is -0.225. The number of benzene rings is 1. The van der Waals surface area contributed by atoms with E-state index in [0.717, 1.165) is 12.0 Å². The normalized spacial score (nSPS) is 10.3. The minimum atomic E-state index is -0.454. The summed E-state index contributed by atoms with van der Waals surface area (Å²) >= 11 is 0. The van der Waals surface area contributed by atoms with Crippen molar-refractivity contribution in [3.63, 3.8) is 0 Å². The first kappa shape index (κ1) is 17.3. The number of pyridine rings is 1. The van der Waals surface area contributed by atoms with Crippen LogP contribution in [0.25, 0.3) is 11.3 Å². The van der Waals surface area contributed by atoms with E-state index in [1.807, 2.05) is 6.92 Å². The molecule has 3 rings (SSSR count). The van der Waals surface area contributed by atoms with Crippen LogP contribution >= 0.6 is 0 Å². The first-order valence-electron chi connectivity index (χ1n) is 8.24. The molecule has 0 unspecified atom stereocenters. The number of hydrogen-bond donors (Lipinski definition) is 2. The molecule has 0 saturated heterocycles. The van der Waals surface area contributed by atoms with Crippen molar-refractivity contribution in [2.45, 2.75) is 13.3 Å². The van der Waals surface area contributed by atoms with Crippen LogP contribution in [-0.2, 0) is 0 Å². The number of nitrogens with zero attached hydrogens (tertiary/aromatic N) is 2. The predicted molar refractivity (Wildman–Crippen MR) is 96.8 cm³/mol. The Hall–Kier alpha value is -3.48. The van der Waals surface area contributed by atoms with E-state index in [-0.39, 0.29) is 11.6 Å². The van der Waals surface area contributed by atoms with Crippen LogP contribution < -0.4 is 10.6 Å². The second-order valence-corrected chi connectivity index (χ2v) is 5.57. The molecule has 7 heteroatoms. The fraction of sp³-hybridized carbons (Fsp3) is 0.158. The van der Waals surface area contributed by atoms with Gasteiger partial charge < -0.3 is 15.2 Å². The average molecular weight is 350 g/mol. The van der Waals surface area contributed by atoms with Gasteiger partial charge in [-0.1, -0.05) is 24.2 Å². The van der Waals surface area contributed by atoms with Crippen LogP contribution in [0.1, 0.15) is 34.2 Å². The van der Waals surface area contributed by atoms with E-state index in [1.54, 1.807) is 54.9 Å². The average Bonchev–Trinajstić information content (AvgIpc) is 3.17. The molecule has 0 aliphatic rings. The maximum Gasteiger partial charge on any atom is 0.277 e. The Bertz CT molecular complexity index is 906. The molecule has 0 aliphatic heterocycles. The number of amides is 2. The number of rotatable bonds is 6. The van der Waals surface area contributed by atoms with E-state index in [1.165, 1.54) is 0 Å². The molecule has 0 spiro atoms. The minimum absolute atomic E-state index is 0.126. The van der Waals surface area contributed by atoms with Crippen LogP contribution in [0.2, 0.25) is 0 Å². The molecule has 2 amide bonds. The largest absolute Gasteiger partial charge is 0.355 e. The maximum absolute atomic E-state index is 12.5. The number of para-hydroxylation sites is 1. The lowest BCUT2D eigenvalue weighted by molar-refractivity contribution is 0.0954. The Morgan fingerprint density at radius 2 is 1.85 bits per heavy atom. The van der Waals surface area contributed by atoms with Gasteiger partial charge in [0.1, 0.15) is 0 Å². The first-order chi connectivity index (χ1) is 12.7. The topological polar surface area (TPSA) is 97.1 Å². The van der Waals surface area contributed by atoms with E-state index >= 15 is 0 Å². The minimum Gasteiger partial charge on any atom is -0.355 e. The van der Waals surface area contributed by atoms with E-state index in [9.17, 15) is 9.59 Å². The van der Waals surface area contributed by atoms with Crippen LogP contribution in [0.15, 0.2) is 59.4 Å². The van der Waals surface area contributed by atoms with Crippen molar-refractivity contribution in [1.82, 2.24) is 15.5 Å². The quantitative estimate of drug-likeness (QED) is 0.712. The summed E-state index contributed by atoms with van der Waals surface area (Å²) < 4.78 is 5.22. The van der Waals surface area contributed by atoms with Gasteiger partial charge in [0.25, 0.3) is 11.8 Å². The number of nitrogens with one attached hydrogen (secondary N) is 2. The lowest BCUT2D eigenvalue weighted by Crippen LogP contribution is -2.25. The molecule has 7 nitrogen and oxygen atoms in total. The van der Waals surface area contributed by atoms with Crippen molar-refractivity contribution in [3.05, 3.63) is 66.1 Å². The Labute approximate surface area is 150 Å². The van der Waals surface area contributed by atoms with Gasteiger partial charge in [-0.25, -0.2) is 0 Å². The highest BCUT2D eigenvalue weighted by atomic mass is 16.5. The molecule has 0 fully saturated rings. The highest BCUT2D eigenvalue weighted by molar-refractivity contribution is 6.08. The molecule has 0 radical (unpaired) electrons. The molecule has 1 aromatic carbocycles. The van der Waals surface area contributed by atoms with Crippen LogP contribution in [0, 0.1) is 0 Å². The zero-order valence-corrected chi connectivity index (χ0v) is 14.2. The van der Waals surface area contributed by atoms with Gasteiger partial charge >= 0.3 is 0 Å². The van der Waals surface area contributed by atoms with Gasteiger partial charge in [-0.15, -0.1) is 0 Å². The Kier molecular flexibility index (Phi) is 5.38. The molecule has 132 valence electrons. The zero-order valence-electron chi connectivity index (χ0n) is 14.2. The third-order valence-electron chi connectivity index (χ3n) is 3.66.